The Morgan fingerprint density at radius 3 is 2.48 bits per heavy atom. The second-order valence-corrected chi connectivity index (χ2v) is 8.27. The number of nitrogens with one attached hydrogen (secondary N) is 1. The van der Waals surface area contributed by atoms with Crippen LogP contribution in [0.4, 0.5) is 5.69 Å². The maximum Gasteiger partial charge on any atom is 0.0508 e. The molecule has 0 saturated heterocycles. The van der Waals surface area contributed by atoms with E-state index < -0.39 is 0 Å². The molecule has 0 bridgehead atoms. The lowest BCUT2D eigenvalue weighted by Crippen LogP contribution is -2.35. The fraction of sp³-hybridized carbons (Fsp3) is 0.667. The van der Waals surface area contributed by atoms with Crippen molar-refractivity contribution in [2.45, 2.75) is 58.5 Å². The Bertz CT molecular complexity index is 459. The molecule has 0 unspecified atom stereocenters. The fourth-order valence-corrected chi connectivity index (χ4v) is 3.74. The third kappa shape index (κ3) is 5.30. The van der Waals surface area contributed by atoms with Crippen LogP contribution < -0.4 is 10.2 Å². The highest BCUT2D eigenvalue weighted by atomic mass is 79.9. The summed E-state index contributed by atoms with van der Waals surface area (Å²) in [7, 11) is 2.21. The highest BCUT2D eigenvalue weighted by Gasteiger charge is 2.18. The van der Waals surface area contributed by atoms with Gasteiger partial charge in [-0.1, -0.05) is 18.9 Å². The lowest BCUT2D eigenvalue weighted by Gasteiger charge is -2.25. The number of nitrogens with zero attached hydrogens (tertiary/aromatic N) is 1. The summed E-state index contributed by atoms with van der Waals surface area (Å²) in [5.41, 5.74) is 2.79. The van der Waals surface area contributed by atoms with Crippen LogP contribution in [0.15, 0.2) is 22.7 Å². The van der Waals surface area contributed by atoms with Gasteiger partial charge in [-0.05, 0) is 73.2 Å². The van der Waals surface area contributed by atoms with Crippen molar-refractivity contribution in [2.24, 2.45) is 5.92 Å². The van der Waals surface area contributed by atoms with Crippen molar-refractivity contribution in [1.29, 1.82) is 0 Å². The van der Waals surface area contributed by atoms with E-state index in [4.69, 9.17) is 0 Å². The third-order valence-electron chi connectivity index (χ3n) is 4.25. The lowest BCUT2D eigenvalue weighted by atomic mass is 10.1. The zero-order valence-corrected chi connectivity index (χ0v) is 15.5. The van der Waals surface area contributed by atoms with E-state index in [0.717, 1.165) is 12.5 Å². The monoisotopic (exact) mass is 352 g/mol. The third-order valence-corrected chi connectivity index (χ3v) is 4.89. The normalized spacial score (nSPS) is 16.4. The van der Waals surface area contributed by atoms with Crippen molar-refractivity contribution in [3.05, 3.63) is 28.2 Å². The molecule has 1 fully saturated rings. The largest absolute Gasteiger partial charge is 0.373 e. The second-order valence-electron chi connectivity index (χ2n) is 7.42. The van der Waals surface area contributed by atoms with Gasteiger partial charge in [-0.25, -0.2) is 0 Å². The first-order chi connectivity index (χ1) is 9.85. The summed E-state index contributed by atoms with van der Waals surface area (Å²) in [6.07, 6.45) is 5.62. The van der Waals surface area contributed by atoms with Gasteiger partial charge in [0.25, 0.3) is 0 Å². The molecule has 3 heteroatoms. The fourth-order valence-electron chi connectivity index (χ4n) is 3.02. The minimum Gasteiger partial charge on any atom is -0.373 e. The van der Waals surface area contributed by atoms with Crippen LogP contribution in [0.2, 0.25) is 0 Å². The molecule has 2 nitrogen and oxygen atoms in total. The topological polar surface area (TPSA) is 15.3 Å². The van der Waals surface area contributed by atoms with Crippen LogP contribution in [0.5, 0.6) is 0 Å². The van der Waals surface area contributed by atoms with E-state index in [-0.39, 0.29) is 5.54 Å². The smallest absolute Gasteiger partial charge is 0.0508 e. The van der Waals surface area contributed by atoms with Gasteiger partial charge in [0.1, 0.15) is 0 Å². The molecule has 0 amide bonds. The summed E-state index contributed by atoms with van der Waals surface area (Å²) >= 11 is 3.75. The number of hydrogen-bond acceptors (Lipinski definition) is 2. The van der Waals surface area contributed by atoms with Gasteiger partial charge in [-0.2, -0.15) is 0 Å². The summed E-state index contributed by atoms with van der Waals surface area (Å²) in [6.45, 7) is 8.69. The molecule has 0 atom stereocenters. The Kier molecular flexibility index (Phi) is 5.73. The van der Waals surface area contributed by atoms with E-state index in [1.165, 1.54) is 48.0 Å². The number of anilines is 1. The highest BCUT2D eigenvalue weighted by molar-refractivity contribution is 9.10. The molecule has 1 N–H and O–H groups in total. The molecule has 1 aliphatic rings. The van der Waals surface area contributed by atoms with Crippen molar-refractivity contribution in [1.82, 2.24) is 5.32 Å². The van der Waals surface area contributed by atoms with Crippen LogP contribution in [-0.4, -0.2) is 19.1 Å². The van der Waals surface area contributed by atoms with Gasteiger partial charge in [0.2, 0.25) is 0 Å². The van der Waals surface area contributed by atoms with Gasteiger partial charge >= 0.3 is 0 Å². The standard InChI is InChI=1S/C18H29BrN2/c1-18(2,3)20-12-15-9-10-17(16(19)11-15)21(4)13-14-7-5-6-8-14/h9-11,14,20H,5-8,12-13H2,1-4H3. The first-order valence-corrected chi connectivity index (χ1v) is 8.89. The van der Waals surface area contributed by atoms with Gasteiger partial charge in [0.15, 0.2) is 0 Å². The first-order valence-electron chi connectivity index (χ1n) is 8.10. The molecule has 0 radical (unpaired) electrons. The summed E-state index contributed by atoms with van der Waals surface area (Å²) in [5, 5.41) is 3.54. The molecule has 0 aromatic heterocycles. The number of halogens is 1. The maximum atomic E-state index is 3.75. The molecule has 0 spiro atoms. The minimum absolute atomic E-state index is 0.157. The average Bonchev–Trinajstić information content (AvgIpc) is 2.88. The Morgan fingerprint density at radius 2 is 1.90 bits per heavy atom. The zero-order chi connectivity index (χ0) is 15.5. The molecule has 1 aliphatic carbocycles. The Hall–Kier alpha value is -0.540. The molecular weight excluding hydrogens is 324 g/mol. The van der Waals surface area contributed by atoms with Crippen molar-refractivity contribution < 1.29 is 0 Å². The van der Waals surface area contributed by atoms with Gasteiger partial charge < -0.3 is 10.2 Å². The van der Waals surface area contributed by atoms with E-state index in [0.29, 0.717) is 0 Å². The number of hydrogen-bond donors (Lipinski definition) is 1. The van der Waals surface area contributed by atoms with E-state index in [2.05, 4.69) is 72.2 Å². The predicted octanol–water partition coefficient (Wildman–Crippen LogP) is 4.96. The molecule has 21 heavy (non-hydrogen) atoms. The van der Waals surface area contributed by atoms with Gasteiger partial charge in [-0.15, -0.1) is 0 Å². The van der Waals surface area contributed by atoms with Crippen LogP contribution >= 0.6 is 15.9 Å². The van der Waals surface area contributed by atoms with Gasteiger partial charge in [-0.3, -0.25) is 0 Å². The minimum atomic E-state index is 0.157. The van der Waals surface area contributed by atoms with Crippen molar-refractivity contribution in [3.63, 3.8) is 0 Å². The zero-order valence-electron chi connectivity index (χ0n) is 13.9. The van der Waals surface area contributed by atoms with E-state index in [1.54, 1.807) is 0 Å². The lowest BCUT2D eigenvalue weighted by molar-refractivity contribution is 0.424. The Morgan fingerprint density at radius 1 is 1.24 bits per heavy atom. The number of benzene rings is 1. The molecule has 0 heterocycles. The van der Waals surface area contributed by atoms with E-state index in [9.17, 15) is 0 Å². The van der Waals surface area contributed by atoms with Crippen molar-refractivity contribution >= 4 is 21.6 Å². The maximum absolute atomic E-state index is 3.75. The van der Waals surface area contributed by atoms with Crippen molar-refractivity contribution in [2.75, 3.05) is 18.5 Å². The van der Waals surface area contributed by atoms with Gasteiger partial charge in [0.05, 0.1) is 5.69 Å². The van der Waals surface area contributed by atoms with E-state index in [1.807, 2.05) is 0 Å². The molecule has 1 aromatic carbocycles. The summed E-state index contributed by atoms with van der Waals surface area (Å²) < 4.78 is 1.20. The summed E-state index contributed by atoms with van der Waals surface area (Å²) in [4.78, 5) is 2.40. The van der Waals surface area contributed by atoms with Crippen LogP contribution in [0, 0.1) is 5.92 Å². The van der Waals surface area contributed by atoms with E-state index >= 15 is 0 Å². The molecular formula is C18H29BrN2. The summed E-state index contributed by atoms with van der Waals surface area (Å²) in [5.74, 6) is 0.879. The van der Waals surface area contributed by atoms with Crippen LogP contribution in [0.25, 0.3) is 0 Å². The van der Waals surface area contributed by atoms with Crippen LogP contribution in [0.3, 0.4) is 0 Å². The Labute approximate surface area is 138 Å². The number of rotatable bonds is 5. The summed E-state index contributed by atoms with van der Waals surface area (Å²) in [6, 6.07) is 6.74. The SMILES string of the molecule is CN(CC1CCCC1)c1ccc(CNC(C)(C)C)cc1Br. The van der Waals surface area contributed by atoms with Crippen LogP contribution in [-0.2, 0) is 6.54 Å². The molecule has 2 rings (SSSR count). The first kappa shape index (κ1) is 16.8. The Balaban J connectivity index is 1.97. The van der Waals surface area contributed by atoms with Gasteiger partial charge in [0, 0.05) is 30.1 Å². The molecule has 118 valence electrons. The van der Waals surface area contributed by atoms with Crippen molar-refractivity contribution in [3.8, 4) is 0 Å². The quantitative estimate of drug-likeness (QED) is 0.805. The average molecular weight is 353 g/mol. The highest BCUT2D eigenvalue weighted by Crippen LogP contribution is 2.31. The molecule has 1 saturated carbocycles. The van der Waals surface area contributed by atoms with Crippen LogP contribution in [0.1, 0.15) is 52.0 Å². The molecule has 0 aliphatic heterocycles. The molecule has 1 aromatic rings. The predicted molar refractivity (Wildman–Crippen MR) is 96.0 cm³/mol. The second kappa shape index (κ2) is 7.15.